The minimum absolute atomic E-state index is 0.0974. The molecule has 1 aromatic carbocycles. The maximum Gasteiger partial charge on any atom is 0.220 e. The van der Waals surface area contributed by atoms with Crippen molar-refractivity contribution in [1.82, 2.24) is 5.32 Å². The number of benzene rings is 1. The number of carbonyl (C=O) groups is 1. The predicted octanol–water partition coefficient (Wildman–Crippen LogP) is 3.16. The van der Waals surface area contributed by atoms with Crippen LogP contribution in [-0.2, 0) is 4.79 Å². The Hall–Kier alpha value is -1.71. The number of hydrogen-bond acceptors (Lipinski definition) is 3. The second kappa shape index (κ2) is 10.1. The monoisotopic (exact) mass is 279 g/mol. The van der Waals surface area contributed by atoms with Crippen LogP contribution in [0.5, 0.6) is 11.5 Å². The first-order valence-corrected chi connectivity index (χ1v) is 7.39. The smallest absolute Gasteiger partial charge is 0.220 e. The normalized spacial score (nSPS) is 10.1. The van der Waals surface area contributed by atoms with E-state index in [0.29, 0.717) is 26.1 Å². The van der Waals surface area contributed by atoms with Crippen LogP contribution < -0.4 is 14.8 Å². The number of hydrogen-bond donors (Lipinski definition) is 1. The molecule has 4 heteroatoms. The lowest BCUT2D eigenvalue weighted by atomic mass is 10.3. The molecule has 0 saturated heterocycles. The summed E-state index contributed by atoms with van der Waals surface area (Å²) in [5.74, 6) is 1.59. The summed E-state index contributed by atoms with van der Waals surface area (Å²) in [6, 6.07) is 7.59. The Morgan fingerprint density at radius 2 is 1.80 bits per heavy atom. The van der Waals surface area contributed by atoms with Crippen molar-refractivity contribution in [2.75, 3.05) is 19.8 Å². The van der Waals surface area contributed by atoms with E-state index in [2.05, 4.69) is 12.2 Å². The highest BCUT2D eigenvalue weighted by Crippen LogP contribution is 2.26. The Labute approximate surface area is 121 Å². The molecule has 0 heterocycles. The van der Waals surface area contributed by atoms with Crippen LogP contribution in [0.2, 0.25) is 0 Å². The van der Waals surface area contributed by atoms with Crippen molar-refractivity contribution in [3.8, 4) is 11.5 Å². The maximum absolute atomic E-state index is 11.5. The molecule has 20 heavy (non-hydrogen) atoms. The fourth-order valence-corrected chi connectivity index (χ4v) is 1.75. The lowest BCUT2D eigenvalue weighted by molar-refractivity contribution is -0.121. The number of para-hydroxylation sites is 2. The number of carbonyl (C=O) groups excluding carboxylic acids is 1. The zero-order valence-corrected chi connectivity index (χ0v) is 12.5. The molecular weight excluding hydrogens is 254 g/mol. The van der Waals surface area contributed by atoms with Gasteiger partial charge in [0.05, 0.1) is 13.2 Å². The molecule has 0 aliphatic rings. The van der Waals surface area contributed by atoms with Crippen molar-refractivity contribution in [1.29, 1.82) is 0 Å². The molecule has 4 nitrogen and oxygen atoms in total. The highest BCUT2D eigenvalue weighted by molar-refractivity contribution is 5.75. The molecular formula is C16H25NO3. The van der Waals surface area contributed by atoms with Crippen LogP contribution in [0.15, 0.2) is 24.3 Å². The maximum atomic E-state index is 11.5. The van der Waals surface area contributed by atoms with Crippen LogP contribution in [-0.4, -0.2) is 25.7 Å². The van der Waals surface area contributed by atoms with E-state index in [9.17, 15) is 4.79 Å². The molecule has 1 amide bonds. The van der Waals surface area contributed by atoms with Gasteiger partial charge in [0.15, 0.2) is 11.5 Å². The van der Waals surface area contributed by atoms with Crippen LogP contribution in [0.25, 0.3) is 0 Å². The van der Waals surface area contributed by atoms with Crippen molar-refractivity contribution in [3.63, 3.8) is 0 Å². The fraction of sp³-hybridized carbons (Fsp3) is 0.562. The quantitative estimate of drug-likeness (QED) is 0.669. The standard InChI is InChI=1S/C16H25NO3/c1-3-5-12-17-16(18)11-8-13-20-15-10-7-6-9-14(15)19-4-2/h6-7,9-10H,3-5,8,11-13H2,1-2H3,(H,17,18). The molecule has 1 aromatic rings. The minimum Gasteiger partial charge on any atom is -0.490 e. The molecule has 0 aliphatic heterocycles. The van der Waals surface area contributed by atoms with Gasteiger partial charge in [0.2, 0.25) is 5.91 Å². The average molecular weight is 279 g/mol. The summed E-state index contributed by atoms with van der Waals surface area (Å²) in [5, 5.41) is 2.89. The van der Waals surface area contributed by atoms with Gasteiger partial charge < -0.3 is 14.8 Å². The van der Waals surface area contributed by atoms with Crippen molar-refractivity contribution in [2.24, 2.45) is 0 Å². The van der Waals surface area contributed by atoms with Crippen molar-refractivity contribution in [2.45, 2.75) is 39.5 Å². The van der Waals surface area contributed by atoms with Gasteiger partial charge in [0.1, 0.15) is 0 Å². The highest BCUT2D eigenvalue weighted by atomic mass is 16.5. The summed E-state index contributed by atoms with van der Waals surface area (Å²) in [7, 11) is 0. The molecule has 1 N–H and O–H groups in total. The molecule has 0 radical (unpaired) electrons. The summed E-state index contributed by atoms with van der Waals surface area (Å²) in [4.78, 5) is 11.5. The predicted molar refractivity (Wildman–Crippen MR) is 80.3 cm³/mol. The first-order valence-electron chi connectivity index (χ1n) is 7.39. The highest BCUT2D eigenvalue weighted by Gasteiger charge is 2.04. The molecule has 112 valence electrons. The Balaban J connectivity index is 2.22. The third-order valence-corrected chi connectivity index (χ3v) is 2.81. The molecule has 0 fully saturated rings. The van der Waals surface area contributed by atoms with E-state index in [1.807, 2.05) is 31.2 Å². The third-order valence-electron chi connectivity index (χ3n) is 2.81. The molecule has 1 rings (SSSR count). The first kappa shape index (κ1) is 16.3. The molecule has 0 atom stereocenters. The SMILES string of the molecule is CCCCNC(=O)CCCOc1ccccc1OCC. The van der Waals surface area contributed by atoms with E-state index in [1.54, 1.807) is 0 Å². The van der Waals surface area contributed by atoms with Gasteiger partial charge >= 0.3 is 0 Å². The largest absolute Gasteiger partial charge is 0.490 e. The van der Waals surface area contributed by atoms with Gasteiger partial charge in [-0.05, 0) is 31.9 Å². The number of ether oxygens (including phenoxy) is 2. The topological polar surface area (TPSA) is 47.6 Å². The number of nitrogens with one attached hydrogen (secondary N) is 1. The fourth-order valence-electron chi connectivity index (χ4n) is 1.75. The van der Waals surface area contributed by atoms with E-state index in [1.165, 1.54) is 0 Å². The van der Waals surface area contributed by atoms with Gasteiger partial charge in [-0.15, -0.1) is 0 Å². The Morgan fingerprint density at radius 3 is 2.45 bits per heavy atom. The van der Waals surface area contributed by atoms with Crippen LogP contribution in [0.1, 0.15) is 39.5 Å². The lowest BCUT2D eigenvalue weighted by Gasteiger charge is -2.11. The van der Waals surface area contributed by atoms with Gasteiger partial charge in [-0.2, -0.15) is 0 Å². The average Bonchev–Trinajstić information content (AvgIpc) is 2.46. The Kier molecular flexibility index (Phi) is 8.27. The summed E-state index contributed by atoms with van der Waals surface area (Å²) >= 11 is 0. The van der Waals surface area contributed by atoms with Crippen LogP contribution >= 0.6 is 0 Å². The van der Waals surface area contributed by atoms with E-state index < -0.39 is 0 Å². The lowest BCUT2D eigenvalue weighted by Crippen LogP contribution is -2.24. The summed E-state index contributed by atoms with van der Waals surface area (Å²) in [6.07, 6.45) is 3.33. The molecule has 0 saturated carbocycles. The van der Waals surface area contributed by atoms with Crippen molar-refractivity contribution < 1.29 is 14.3 Å². The van der Waals surface area contributed by atoms with Gasteiger partial charge in [-0.1, -0.05) is 25.5 Å². The van der Waals surface area contributed by atoms with E-state index in [-0.39, 0.29) is 5.91 Å². The zero-order chi connectivity index (χ0) is 14.6. The van der Waals surface area contributed by atoms with Gasteiger partial charge in [-0.25, -0.2) is 0 Å². The zero-order valence-electron chi connectivity index (χ0n) is 12.5. The van der Waals surface area contributed by atoms with Gasteiger partial charge in [0.25, 0.3) is 0 Å². The molecule has 0 spiro atoms. The summed E-state index contributed by atoms with van der Waals surface area (Å²) in [6.45, 7) is 5.95. The van der Waals surface area contributed by atoms with Crippen LogP contribution in [0, 0.1) is 0 Å². The number of amides is 1. The summed E-state index contributed by atoms with van der Waals surface area (Å²) < 4.78 is 11.1. The second-order valence-electron chi connectivity index (χ2n) is 4.54. The first-order chi connectivity index (χ1) is 9.77. The Bertz CT molecular complexity index is 393. The molecule has 0 aromatic heterocycles. The van der Waals surface area contributed by atoms with E-state index in [4.69, 9.17) is 9.47 Å². The van der Waals surface area contributed by atoms with Gasteiger partial charge in [0, 0.05) is 13.0 Å². The van der Waals surface area contributed by atoms with Gasteiger partial charge in [-0.3, -0.25) is 4.79 Å². The van der Waals surface area contributed by atoms with Crippen molar-refractivity contribution in [3.05, 3.63) is 24.3 Å². The van der Waals surface area contributed by atoms with Crippen molar-refractivity contribution >= 4 is 5.91 Å². The minimum atomic E-state index is 0.0974. The molecule has 0 unspecified atom stereocenters. The second-order valence-corrected chi connectivity index (χ2v) is 4.54. The Morgan fingerprint density at radius 1 is 1.10 bits per heavy atom. The molecule has 0 bridgehead atoms. The van der Waals surface area contributed by atoms with E-state index in [0.717, 1.165) is 30.9 Å². The van der Waals surface area contributed by atoms with E-state index >= 15 is 0 Å². The van der Waals surface area contributed by atoms with Crippen LogP contribution in [0.4, 0.5) is 0 Å². The number of rotatable bonds is 10. The summed E-state index contributed by atoms with van der Waals surface area (Å²) in [5.41, 5.74) is 0. The van der Waals surface area contributed by atoms with Crippen LogP contribution in [0.3, 0.4) is 0 Å². The third kappa shape index (κ3) is 6.45. The molecule has 0 aliphatic carbocycles. The number of unbranched alkanes of at least 4 members (excludes halogenated alkanes) is 1.